The predicted molar refractivity (Wildman–Crippen MR) is 95.0 cm³/mol. The number of benzene rings is 1. The maximum absolute atomic E-state index is 13.0. The molecule has 2 saturated carbocycles. The molecule has 0 unspecified atom stereocenters. The van der Waals surface area contributed by atoms with Crippen molar-refractivity contribution in [2.75, 3.05) is 6.54 Å². The van der Waals surface area contributed by atoms with E-state index in [0.29, 0.717) is 5.56 Å². The smallest absolute Gasteiger partial charge is 0.254 e. The molecule has 4 rings (SSSR count). The predicted octanol–water partition coefficient (Wildman–Crippen LogP) is 3.40. The van der Waals surface area contributed by atoms with Gasteiger partial charge in [0.05, 0.1) is 17.6 Å². The van der Waals surface area contributed by atoms with Gasteiger partial charge in [0.1, 0.15) is 0 Å². The quantitative estimate of drug-likeness (QED) is 0.919. The van der Waals surface area contributed by atoms with Crippen molar-refractivity contribution in [3.05, 3.63) is 35.4 Å². The van der Waals surface area contributed by atoms with Crippen LogP contribution in [-0.2, 0) is 5.41 Å². The summed E-state index contributed by atoms with van der Waals surface area (Å²) < 4.78 is 0. The molecule has 0 aromatic heterocycles. The van der Waals surface area contributed by atoms with Crippen molar-refractivity contribution in [1.29, 1.82) is 5.26 Å². The molecule has 4 heteroatoms. The molecule has 1 saturated heterocycles. The summed E-state index contributed by atoms with van der Waals surface area (Å²) in [5.41, 5.74) is 1.44. The summed E-state index contributed by atoms with van der Waals surface area (Å²) in [6.45, 7) is 0.788. The maximum Gasteiger partial charge on any atom is 0.254 e. The van der Waals surface area contributed by atoms with Crippen LogP contribution in [0.5, 0.6) is 0 Å². The van der Waals surface area contributed by atoms with Gasteiger partial charge in [-0.05, 0) is 56.2 Å². The van der Waals surface area contributed by atoms with E-state index in [0.717, 1.165) is 63.5 Å². The van der Waals surface area contributed by atoms with Gasteiger partial charge < -0.3 is 10.0 Å². The first kappa shape index (κ1) is 16.6. The van der Waals surface area contributed by atoms with E-state index >= 15 is 0 Å². The fourth-order valence-corrected chi connectivity index (χ4v) is 4.77. The molecule has 1 aromatic rings. The summed E-state index contributed by atoms with van der Waals surface area (Å²) in [6, 6.07) is 10.2. The van der Waals surface area contributed by atoms with Gasteiger partial charge in [0.15, 0.2) is 0 Å². The summed E-state index contributed by atoms with van der Waals surface area (Å²) in [4.78, 5) is 15.0. The van der Waals surface area contributed by atoms with Gasteiger partial charge >= 0.3 is 0 Å². The van der Waals surface area contributed by atoms with Gasteiger partial charge in [-0.3, -0.25) is 4.79 Å². The Morgan fingerprint density at radius 1 is 1.12 bits per heavy atom. The number of aliphatic hydroxyl groups excluding tert-OH is 1. The van der Waals surface area contributed by atoms with Crippen LogP contribution >= 0.6 is 0 Å². The third kappa shape index (κ3) is 2.95. The molecular weight excluding hydrogens is 312 g/mol. The molecule has 3 fully saturated rings. The number of nitrogens with zero attached hydrogens (tertiary/aromatic N) is 2. The van der Waals surface area contributed by atoms with Crippen LogP contribution in [0.2, 0.25) is 0 Å². The van der Waals surface area contributed by atoms with Crippen molar-refractivity contribution in [1.82, 2.24) is 4.90 Å². The Kier molecular flexibility index (Phi) is 4.29. The molecule has 1 aromatic carbocycles. The Balaban J connectivity index is 1.50. The van der Waals surface area contributed by atoms with Gasteiger partial charge in [0, 0.05) is 24.1 Å². The van der Waals surface area contributed by atoms with Crippen molar-refractivity contribution < 1.29 is 9.90 Å². The summed E-state index contributed by atoms with van der Waals surface area (Å²) in [5.74, 6) is 0.307. The number of hydrogen-bond donors (Lipinski definition) is 1. The van der Waals surface area contributed by atoms with Crippen molar-refractivity contribution in [3.8, 4) is 6.07 Å². The fraction of sp³-hybridized carbons (Fsp3) is 0.619. The van der Waals surface area contributed by atoms with Crippen LogP contribution in [-0.4, -0.2) is 34.6 Å². The van der Waals surface area contributed by atoms with E-state index in [2.05, 4.69) is 6.07 Å². The monoisotopic (exact) mass is 338 g/mol. The SMILES string of the molecule is N#CC1(c2ccc(C(=O)N3CCC[C@@H]3[C@H]3CCCC[C@@H]3O)cc2)CC1. The van der Waals surface area contributed by atoms with E-state index in [-0.39, 0.29) is 29.4 Å². The van der Waals surface area contributed by atoms with Gasteiger partial charge in [-0.25, -0.2) is 0 Å². The van der Waals surface area contributed by atoms with Crippen molar-refractivity contribution in [2.45, 2.75) is 68.9 Å². The van der Waals surface area contributed by atoms with Crippen LogP contribution < -0.4 is 0 Å². The number of rotatable bonds is 3. The van der Waals surface area contributed by atoms with Crippen molar-refractivity contribution in [3.63, 3.8) is 0 Å². The molecule has 3 aliphatic rings. The van der Waals surface area contributed by atoms with Gasteiger partial charge in [-0.15, -0.1) is 0 Å². The second-order valence-electron chi connectivity index (χ2n) is 8.00. The minimum absolute atomic E-state index is 0.0774. The lowest BCUT2D eigenvalue weighted by atomic mass is 9.80. The highest BCUT2D eigenvalue weighted by Gasteiger charge is 2.45. The number of hydrogen-bond acceptors (Lipinski definition) is 3. The molecule has 1 aliphatic heterocycles. The Bertz CT molecular complexity index is 687. The highest BCUT2D eigenvalue weighted by molar-refractivity contribution is 5.94. The molecule has 1 heterocycles. The van der Waals surface area contributed by atoms with Crippen LogP contribution in [0.15, 0.2) is 24.3 Å². The molecule has 132 valence electrons. The Labute approximate surface area is 149 Å². The minimum atomic E-state index is -0.302. The summed E-state index contributed by atoms with van der Waals surface area (Å²) in [6.07, 6.45) is 7.76. The maximum atomic E-state index is 13.0. The van der Waals surface area contributed by atoms with Crippen LogP contribution in [0, 0.1) is 17.2 Å². The summed E-state index contributed by atoms with van der Waals surface area (Å²) in [7, 11) is 0. The van der Waals surface area contributed by atoms with Crippen LogP contribution in [0.4, 0.5) is 0 Å². The first-order valence-electron chi connectivity index (χ1n) is 9.65. The molecule has 4 nitrogen and oxygen atoms in total. The number of aliphatic hydroxyl groups is 1. The van der Waals surface area contributed by atoms with E-state index in [1.165, 1.54) is 0 Å². The van der Waals surface area contributed by atoms with Gasteiger partial charge in [-0.1, -0.05) is 25.0 Å². The molecule has 0 radical (unpaired) electrons. The number of likely N-dealkylation sites (tertiary alicyclic amines) is 1. The lowest BCUT2D eigenvalue weighted by Gasteiger charge is -2.37. The zero-order valence-corrected chi connectivity index (χ0v) is 14.7. The molecule has 0 spiro atoms. The van der Waals surface area contributed by atoms with E-state index in [9.17, 15) is 15.2 Å². The summed E-state index contributed by atoms with van der Waals surface area (Å²) in [5, 5.41) is 19.7. The van der Waals surface area contributed by atoms with E-state index in [1.54, 1.807) is 0 Å². The lowest BCUT2D eigenvalue weighted by Crippen LogP contribution is -2.45. The molecule has 1 amide bonds. The Morgan fingerprint density at radius 2 is 1.84 bits per heavy atom. The Hall–Kier alpha value is -1.86. The average molecular weight is 338 g/mol. The zero-order chi connectivity index (χ0) is 17.4. The van der Waals surface area contributed by atoms with Crippen molar-refractivity contribution >= 4 is 5.91 Å². The number of carbonyl (C=O) groups is 1. The molecule has 25 heavy (non-hydrogen) atoms. The third-order valence-corrected chi connectivity index (χ3v) is 6.48. The highest BCUT2D eigenvalue weighted by Crippen LogP contribution is 2.47. The van der Waals surface area contributed by atoms with E-state index < -0.39 is 0 Å². The molecule has 2 aliphatic carbocycles. The highest BCUT2D eigenvalue weighted by atomic mass is 16.3. The normalized spacial score (nSPS) is 30.7. The molecule has 0 bridgehead atoms. The van der Waals surface area contributed by atoms with E-state index in [4.69, 9.17) is 0 Å². The second kappa shape index (κ2) is 6.46. The Morgan fingerprint density at radius 3 is 2.48 bits per heavy atom. The minimum Gasteiger partial charge on any atom is -0.393 e. The number of amides is 1. The molecular formula is C21H26N2O2. The van der Waals surface area contributed by atoms with Gasteiger partial charge in [0.25, 0.3) is 5.91 Å². The molecule has 3 atom stereocenters. The van der Waals surface area contributed by atoms with Crippen LogP contribution in [0.1, 0.15) is 67.3 Å². The third-order valence-electron chi connectivity index (χ3n) is 6.48. The fourth-order valence-electron chi connectivity index (χ4n) is 4.77. The number of nitriles is 1. The zero-order valence-electron chi connectivity index (χ0n) is 14.7. The first-order valence-corrected chi connectivity index (χ1v) is 9.65. The average Bonchev–Trinajstić information content (AvgIpc) is 3.31. The summed E-state index contributed by atoms with van der Waals surface area (Å²) >= 11 is 0. The topological polar surface area (TPSA) is 64.3 Å². The molecule has 1 N–H and O–H groups in total. The second-order valence-corrected chi connectivity index (χ2v) is 8.00. The van der Waals surface area contributed by atoms with Gasteiger partial charge in [0.2, 0.25) is 0 Å². The lowest BCUT2D eigenvalue weighted by molar-refractivity contribution is 0.0211. The van der Waals surface area contributed by atoms with Crippen LogP contribution in [0.25, 0.3) is 0 Å². The standard InChI is InChI=1S/C21H26N2O2/c22-14-21(11-12-21)16-9-7-15(8-10-16)20(25)23-13-3-5-18(23)17-4-1-2-6-19(17)24/h7-10,17-19,24H,1-6,11-13H2/t17-,18-,19+/m1/s1. The van der Waals surface area contributed by atoms with Crippen molar-refractivity contribution in [2.24, 2.45) is 5.92 Å². The number of carbonyl (C=O) groups excluding carboxylic acids is 1. The van der Waals surface area contributed by atoms with E-state index in [1.807, 2.05) is 29.2 Å². The largest absolute Gasteiger partial charge is 0.393 e. The van der Waals surface area contributed by atoms with Crippen LogP contribution in [0.3, 0.4) is 0 Å². The van der Waals surface area contributed by atoms with Gasteiger partial charge in [-0.2, -0.15) is 5.26 Å². The first-order chi connectivity index (χ1) is 12.1.